The smallest absolute Gasteiger partial charge is 0.316 e. The summed E-state index contributed by atoms with van der Waals surface area (Å²) in [6.07, 6.45) is 0. The molecule has 0 spiro atoms. The first-order chi connectivity index (χ1) is 12.0. The SMILES string of the molecule is Cc1c(-c2noc(C(=O)N3CCN(C)CC3)n2)oc2c(C)cccc12. The standard InChI is InChI=1S/C18H20N4O3/c1-11-5-4-6-13-12(2)15(24-14(11)13)16-19-17(25-20-16)18(23)22-9-7-21(3)8-10-22/h4-6H,7-10H2,1-3H3. The number of nitrogens with zero attached hydrogens (tertiary/aromatic N) is 4. The zero-order chi connectivity index (χ0) is 17.6. The van der Waals surface area contributed by atoms with Crippen molar-refractivity contribution < 1.29 is 13.7 Å². The molecule has 1 amide bonds. The number of hydrogen-bond acceptors (Lipinski definition) is 6. The summed E-state index contributed by atoms with van der Waals surface area (Å²) in [6.45, 7) is 6.96. The molecule has 7 heteroatoms. The van der Waals surface area contributed by atoms with Crippen molar-refractivity contribution in [2.45, 2.75) is 13.8 Å². The highest BCUT2D eigenvalue weighted by Crippen LogP contribution is 2.33. The van der Waals surface area contributed by atoms with Crippen molar-refractivity contribution in [2.24, 2.45) is 0 Å². The Bertz CT molecular complexity index is 935. The van der Waals surface area contributed by atoms with Gasteiger partial charge in [-0.1, -0.05) is 23.4 Å². The van der Waals surface area contributed by atoms with Crippen molar-refractivity contribution in [2.75, 3.05) is 33.2 Å². The highest BCUT2D eigenvalue weighted by molar-refractivity contribution is 5.91. The number of fused-ring (bicyclic) bond motifs is 1. The largest absolute Gasteiger partial charge is 0.452 e. The number of aryl methyl sites for hydroxylation is 2. The Balaban J connectivity index is 1.64. The van der Waals surface area contributed by atoms with Gasteiger partial charge in [0, 0.05) is 37.1 Å². The summed E-state index contributed by atoms with van der Waals surface area (Å²) in [7, 11) is 2.04. The molecule has 3 aromatic rings. The first-order valence-corrected chi connectivity index (χ1v) is 8.35. The van der Waals surface area contributed by atoms with E-state index < -0.39 is 0 Å². The molecule has 0 unspecified atom stereocenters. The maximum atomic E-state index is 12.5. The molecule has 0 N–H and O–H groups in total. The fraction of sp³-hybridized carbons (Fsp3) is 0.389. The predicted octanol–water partition coefficient (Wildman–Crippen LogP) is 2.49. The molecule has 2 aromatic heterocycles. The lowest BCUT2D eigenvalue weighted by Gasteiger charge is -2.31. The second-order valence-corrected chi connectivity index (χ2v) is 6.53. The van der Waals surface area contributed by atoms with Crippen molar-refractivity contribution in [3.63, 3.8) is 0 Å². The summed E-state index contributed by atoms with van der Waals surface area (Å²) in [6, 6.07) is 5.98. The third kappa shape index (κ3) is 2.70. The lowest BCUT2D eigenvalue weighted by Crippen LogP contribution is -2.47. The van der Waals surface area contributed by atoms with Gasteiger partial charge in [-0.05, 0) is 26.5 Å². The Morgan fingerprint density at radius 1 is 1.16 bits per heavy atom. The molecule has 3 heterocycles. The third-order valence-electron chi connectivity index (χ3n) is 4.76. The van der Waals surface area contributed by atoms with Gasteiger partial charge in [-0.2, -0.15) is 4.98 Å². The molecule has 1 aromatic carbocycles. The van der Waals surface area contributed by atoms with Crippen LogP contribution in [-0.2, 0) is 0 Å². The van der Waals surface area contributed by atoms with Gasteiger partial charge in [-0.3, -0.25) is 4.79 Å². The van der Waals surface area contributed by atoms with Crippen molar-refractivity contribution in [3.05, 3.63) is 35.2 Å². The lowest BCUT2D eigenvalue weighted by atomic mass is 10.1. The Kier molecular flexibility index (Phi) is 3.80. The van der Waals surface area contributed by atoms with Gasteiger partial charge in [-0.15, -0.1) is 0 Å². The molecule has 7 nitrogen and oxygen atoms in total. The van der Waals surface area contributed by atoms with Gasteiger partial charge in [0.15, 0.2) is 5.76 Å². The minimum Gasteiger partial charge on any atom is -0.452 e. The van der Waals surface area contributed by atoms with Crippen LogP contribution in [0.5, 0.6) is 0 Å². The van der Waals surface area contributed by atoms with Gasteiger partial charge < -0.3 is 18.7 Å². The van der Waals surface area contributed by atoms with Crippen LogP contribution in [0.15, 0.2) is 27.1 Å². The van der Waals surface area contributed by atoms with Gasteiger partial charge in [0.25, 0.3) is 0 Å². The number of rotatable bonds is 2. The number of furan rings is 1. The number of para-hydroxylation sites is 1. The Morgan fingerprint density at radius 2 is 1.92 bits per heavy atom. The molecular formula is C18H20N4O3. The number of aromatic nitrogens is 2. The quantitative estimate of drug-likeness (QED) is 0.713. The van der Waals surface area contributed by atoms with Gasteiger partial charge >= 0.3 is 11.8 Å². The molecule has 1 fully saturated rings. The molecule has 0 radical (unpaired) electrons. The average molecular weight is 340 g/mol. The number of hydrogen-bond donors (Lipinski definition) is 0. The zero-order valence-corrected chi connectivity index (χ0v) is 14.6. The molecule has 4 rings (SSSR count). The summed E-state index contributed by atoms with van der Waals surface area (Å²) in [5.74, 6) is 0.643. The highest BCUT2D eigenvalue weighted by Gasteiger charge is 2.27. The molecule has 0 aliphatic carbocycles. The number of carbonyl (C=O) groups excluding carboxylic acids is 1. The molecular weight excluding hydrogens is 320 g/mol. The molecule has 1 aliphatic heterocycles. The highest BCUT2D eigenvalue weighted by atomic mass is 16.5. The van der Waals surface area contributed by atoms with Crippen LogP contribution in [0.4, 0.5) is 0 Å². The molecule has 25 heavy (non-hydrogen) atoms. The van der Waals surface area contributed by atoms with Gasteiger partial charge in [0.05, 0.1) is 0 Å². The second kappa shape index (κ2) is 6.00. The summed E-state index contributed by atoms with van der Waals surface area (Å²) in [4.78, 5) is 20.8. The molecule has 0 bridgehead atoms. The van der Waals surface area contributed by atoms with Crippen molar-refractivity contribution >= 4 is 16.9 Å². The second-order valence-electron chi connectivity index (χ2n) is 6.53. The van der Waals surface area contributed by atoms with E-state index in [2.05, 4.69) is 15.0 Å². The average Bonchev–Trinajstić information content (AvgIpc) is 3.21. The van der Waals surface area contributed by atoms with Crippen LogP contribution in [-0.4, -0.2) is 59.1 Å². The minimum atomic E-state index is -0.225. The molecule has 0 atom stereocenters. The number of carbonyl (C=O) groups is 1. The van der Waals surface area contributed by atoms with Crippen molar-refractivity contribution in [1.29, 1.82) is 0 Å². The van der Waals surface area contributed by atoms with Crippen LogP contribution in [0.2, 0.25) is 0 Å². The van der Waals surface area contributed by atoms with E-state index in [9.17, 15) is 4.79 Å². The van der Waals surface area contributed by atoms with Crippen LogP contribution in [0.3, 0.4) is 0 Å². The van der Waals surface area contributed by atoms with E-state index in [0.29, 0.717) is 24.7 Å². The number of amides is 1. The van der Waals surface area contributed by atoms with Crippen LogP contribution < -0.4 is 0 Å². The zero-order valence-electron chi connectivity index (χ0n) is 14.6. The van der Waals surface area contributed by atoms with Gasteiger partial charge in [-0.25, -0.2) is 0 Å². The van der Waals surface area contributed by atoms with Gasteiger partial charge in [0.2, 0.25) is 5.82 Å². The summed E-state index contributed by atoms with van der Waals surface area (Å²) >= 11 is 0. The summed E-state index contributed by atoms with van der Waals surface area (Å²) < 4.78 is 11.2. The van der Waals surface area contributed by atoms with Crippen molar-refractivity contribution in [3.8, 4) is 11.6 Å². The third-order valence-corrected chi connectivity index (χ3v) is 4.76. The predicted molar refractivity (Wildman–Crippen MR) is 92.4 cm³/mol. The van der Waals surface area contributed by atoms with Crippen LogP contribution in [0.1, 0.15) is 21.8 Å². The maximum absolute atomic E-state index is 12.5. The Hall–Kier alpha value is -2.67. The summed E-state index contributed by atoms with van der Waals surface area (Å²) in [5.41, 5.74) is 2.80. The Labute approximate surface area is 145 Å². The van der Waals surface area contributed by atoms with Crippen molar-refractivity contribution in [1.82, 2.24) is 19.9 Å². The molecule has 0 saturated carbocycles. The molecule has 1 saturated heterocycles. The maximum Gasteiger partial charge on any atom is 0.316 e. The first-order valence-electron chi connectivity index (χ1n) is 8.35. The monoisotopic (exact) mass is 340 g/mol. The first kappa shape index (κ1) is 15.8. The number of piperazine rings is 1. The normalized spacial score (nSPS) is 15.9. The summed E-state index contributed by atoms with van der Waals surface area (Å²) in [5, 5.41) is 4.99. The fourth-order valence-electron chi connectivity index (χ4n) is 3.14. The van der Waals surface area contributed by atoms with E-state index in [1.165, 1.54) is 0 Å². The number of benzene rings is 1. The van der Waals surface area contributed by atoms with Crippen LogP contribution in [0.25, 0.3) is 22.6 Å². The van der Waals surface area contributed by atoms with E-state index in [0.717, 1.165) is 35.2 Å². The van der Waals surface area contributed by atoms with E-state index in [-0.39, 0.29) is 11.8 Å². The topological polar surface area (TPSA) is 75.6 Å². The molecule has 130 valence electrons. The van der Waals surface area contributed by atoms with E-state index in [1.807, 2.05) is 39.1 Å². The Morgan fingerprint density at radius 3 is 2.64 bits per heavy atom. The van der Waals surface area contributed by atoms with Gasteiger partial charge in [0.1, 0.15) is 5.58 Å². The van der Waals surface area contributed by atoms with Crippen LogP contribution >= 0.6 is 0 Å². The van der Waals surface area contributed by atoms with Crippen LogP contribution in [0, 0.1) is 13.8 Å². The molecule has 1 aliphatic rings. The van der Waals surface area contributed by atoms with E-state index >= 15 is 0 Å². The minimum absolute atomic E-state index is 0.0103. The van der Waals surface area contributed by atoms with E-state index in [1.54, 1.807) is 4.90 Å². The van der Waals surface area contributed by atoms with E-state index in [4.69, 9.17) is 8.94 Å². The fourth-order valence-corrected chi connectivity index (χ4v) is 3.14. The number of likely N-dealkylation sites (N-methyl/N-ethyl adjacent to an activating group) is 1. The lowest BCUT2D eigenvalue weighted by molar-refractivity contribution is 0.0615.